The molecule has 1 aliphatic carbocycles. The molecule has 0 unspecified atom stereocenters. The predicted octanol–water partition coefficient (Wildman–Crippen LogP) is 4.00. The number of nitrogens with one attached hydrogen (secondary N) is 1. The lowest BCUT2D eigenvalue weighted by molar-refractivity contribution is -0.158. The number of epoxide rings is 1. The van der Waals surface area contributed by atoms with Crippen LogP contribution in [0.4, 0.5) is 0 Å². The number of carbonyl (C=O) groups excluding carboxylic acids is 1. The molecule has 0 aromatic heterocycles. The molecule has 0 aromatic rings. The molecule has 0 spiro atoms. The van der Waals surface area contributed by atoms with E-state index in [1.807, 2.05) is 20.8 Å². The normalized spacial score (nSPS) is 37.6. The summed E-state index contributed by atoms with van der Waals surface area (Å²) in [4.78, 5) is 13.1. The van der Waals surface area contributed by atoms with Crippen molar-refractivity contribution < 1.29 is 28.5 Å². The summed E-state index contributed by atoms with van der Waals surface area (Å²) in [5.41, 5.74) is 1.25. The highest BCUT2D eigenvalue weighted by molar-refractivity contribution is 6.83. The maximum Gasteiger partial charge on any atom is 0.272 e. The van der Waals surface area contributed by atoms with Gasteiger partial charge in [0.2, 0.25) is 0 Å². The maximum atomic E-state index is 13.1. The second-order valence-electron chi connectivity index (χ2n) is 12.5. The first-order chi connectivity index (χ1) is 15.6. The number of halogens is 3. The number of carbonyl (C=O) groups is 1. The topological polar surface area (TPSA) is 89.5 Å². The van der Waals surface area contributed by atoms with Crippen LogP contribution in [-0.4, -0.2) is 79.1 Å². The van der Waals surface area contributed by atoms with E-state index in [1.165, 1.54) is 0 Å². The molecule has 2 heterocycles. The van der Waals surface area contributed by atoms with Gasteiger partial charge in [0, 0.05) is 12.3 Å². The molecule has 2 saturated heterocycles. The molecule has 3 aliphatic rings. The Hall–Kier alpha value is 0.134. The number of rotatable bonds is 5. The van der Waals surface area contributed by atoms with E-state index in [-0.39, 0.29) is 19.1 Å². The van der Waals surface area contributed by atoms with Crippen LogP contribution in [0.3, 0.4) is 0 Å². The number of aliphatic hydroxyl groups is 1. The first-order valence-corrected chi connectivity index (χ1v) is 19.9. The van der Waals surface area contributed by atoms with E-state index in [9.17, 15) is 9.90 Å². The van der Waals surface area contributed by atoms with Gasteiger partial charge in [0.05, 0.1) is 30.5 Å². The molecule has 0 radical (unpaired) electrons. The standard InChI is InChI=1S/C23H38Cl3NO6Si2/c1-20(2)30-13-14(31-20)17-18-21(3,32-18)16(33-35(7,8)9)12-22(17,27-19(29)23(24,25)26)15(28)10-11-34(4,5)6/h14-18,28H,12-13H2,1-9H3,(H,27,29)/t14-,15+,16+,17+,18+,21-,22-/m1/s1. The van der Waals surface area contributed by atoms with E-state index < -0.39 is 67.2 Å². The lowest BCUT2D eigenvalue weighted by atomic mass is 9.63. The molecule has 7 atom stereocenters. The van der Waals surface area contributed by atoms with Crippen LogP contribution in [0, 0.1) is 17.4 Å². The number of hydrogen-bond acceptors (Lipinski definition) is 6. The number of ether oxygens (including phenoxy) is 3. The minimum Gasteiger partial charge on any atom is -0.412 e. The van der Waals surface area contributed by atoms with E-state index >= 15 is 0 Å². The second-order valence-corrected chi connectivity index (χ2v) is 23.9. The zero-order valence-corrected chi connectivity index (χ0v) is 26.2. The van der Waals surface area contributed by atoms with Crippen molar-refractivity contribution in [3.63, 3.8) is 0 Å². The summed E-state index contributed by atoms with van der Waals surface area (Å²) in [5, 5.41) is 14.6. The van der Waals surface area contributed by atoms with Gasteiger partial charge in [-0.1, -0.05) is 60.4 Å². The fraction of sp³-hybridized carbons (Fsp3) is 0.870. The molecule has 35 heavy (non-hydrogen) atoms. The largest absolute Gasteiger partial charge is 0.412 e. The van der Waals surface area contributed by atoms with Crippen molar-refractivity contribution in [2.24, 2.45) is 5.92 Å². The highest BCUT2D eigenvalue weighted by Gasteiger charge is 2.74. The summed E-state index contributed by atoms with van der Waals surface area (Å²) >= 11 is 18.0. The minimum absolute atomic E-state index is 0.212. The molecule has 3 rings (SSSR count). The molecular weight excluding hydrogens is 549 g/mol. The smallest absolute Gasteiger partial charge is 0.272 e. The van der Waals surface area contributed by atoms with Crippen LogP contribution in [0.2, 0.25) is 39.3 Å². The monoisotopic (exact) mass is 585 g/mol. The van der Waals surface area contributed by atoms with Crippen molar-refractivity contribution >= 4 is 57.1 Å². The molecule has 0 bridgehead atoms. The highest BCUT2D eigenvalue weighted by Crippen LogP contribution is 2.58. The first-order valence-electron chi connectivity index (χ1n) is 11.9. The Kier molecular flexibility index (Phi) is 7.97. The predicted molar refractivity (Wildman–Crippen MR) is 143 cm³/mol. The number of hydrogen-bond donors (Lipinski definition) is 2. The van der Waals surface area contributed by atoms with Gasteiger partial charge >= 0.3 is 0 Å². The third-order valence-corrected chi connectivity index (χ3v) is 8.98. The van der Waals surface area contributed by atoms with Gasteiger partial charge in [0.25, 0.3) is 9.70 Å². The molecule has 0 aromatic carbocycles. The van der Waals surface area contributed by atoms with Crippen molar-refractivity contribution in [2.45, 2.75) is 112 Å². The van der Waals surface area contributed by atoms with E-state index in [1.54, 1.807) is 0 Å². The fourth-order valence-electron chi connectivity index (χ4n) is 5.04. The zero-order valence-electron chi connectivity index (χ0n) is 21.9. The first kappa shape index (κ1) is 29.7. The Morgan fingerprint density at radius 2 is 1.74 bits per heavy atom. The molecule has 1 saturated carbocycles. The molecule has 3 fully saturated rings. The molecule has 7 nitrogen and oxygen atoms in total. The third-order valence-electron chi connectivity index (χ3n) is 6.57. The molecule has 12 heteroatoms. The summed E-state index contributed by atoms with van der Waals surface area (Å²) in [6.45, 7) is 18.4. The minimum atomic E-state index is -2.24. The molecule has 1 amide bonds. The lowest BCUT2D eigenvalue weighted by Gasteiger charge is -2.51. The summed E-state index contributed by atoms with van der Waals surface area (Å²) in [6, 6.07) is 0. The average Bonchev–Trinajstić information content (AvgIpc) is 3.21. The van der Waals surface area contributed by atoms with Gasteiger partial charge in [0.1, 0.15) is 19.8 Å². The second kappa shape index (κ2) is 9.40. The summed E-state index contributed by atoms with van der Waals surface area (Å²) < 4.78 is 22.7. The van der Waals surface area contributed by atoms with Gasteiger partial charge < -0.3 is 29.1 Å². The number of amides is 1. The van der Waals surface area contributed by atoms with Crippen LogP contribution in [0.15, 0.2) is 0 Å². The summed E-state index contributed by atoms with van der Waals surface area (Å²) in [7, 11) is -3.91. The van der Waals surface area contributed by atoms with Crippen LogP contribution >= 0.6 is 34.8 Å². The van der Waals surface area contributed by atoms with Crippen molar-refractivity contribution in [3.8, 4) is 11.5 Å². The van der Waals surface area contributed by atoms with Crippen molar-refractivity contribution in [2.75, 3.05) is 6.61 Å². The Morgan fingerprint density at radius 3 is 2.20 bits per heavy atom. The van der Waals surface area contributed by atoms with Gasteiger partial charge in [-0.2, -0.15) is 0 Å². The van der Waals surface area contributed by atoms with Crippen LogP contribution in [0.25, 0.3) is 0 Å². The van der Waals surface area contributed by atoms with Gasteiger partial charge in [-0.15, -0.1) is 5.54 Å². The molecule has 2 N–H and O–H groups in total. The number of fused-ring (bicyclic) bond motifs is 1. The van der Waals surface area contributed by atoms with Crippen LogP contribution in [0.5, 0.6) is 0 Å². The molecule has 2 aliphatic heterocycles. The van der Waals surface area contributed by atoms with Gasteiger partial charge in [-0.3, -0.25) is 4.79 Å². The average molecular weight is 587 g/mol. The summed E-state index contributed by atoms with van der Waals surface area (Å²) in [6.07, 6.45) is -2.37. The SMILES string of the molecule is CC1(C)OC[C@H]([C@H]2[C@@H]3O[C@]3(C)[C@@H](O[Si](C)(C)C)C[C@@]2(NC(=O)C(Cl)(Cl)Cl)[C@@H](O)C#C[Si](C)(C)C)O1. The van der Waals surface area contributed by atoms with Crippen LogP contribution < -0.4 is 5.32 Å². The van der Waals surface area contributed by atoms with Crippen molar-refractivity contribution in [3.05, 3.63) is 0 Å². The zero-order chi connectivity index (χ0) is 26.8. The van der Waals surface area contributed by atoms with Gasteiger partial charge in [-0.25, -0.2) is 0 Å². The van der Waals surface area contributed by atoms with E-state index in [0.29, 0.717) is 0 Å². The fourth-order valence-corrected chi connectivity index (χ4v) is 6.92. The van der Waals surface area contributed by atoms with Crippen molar-refractivity contribution in [1.29, 1.82) is 0 Å². The summed E-state index contributed by atoms with van der Waals surface area (Å²) in [5.74, 6) is 0.813. The molecule has 200 valence electrons. The number of aliphatic hydroxyl groups excluding tert-OH is 1. The Morgan fingerprint density at radius 1 is 1.14 bits per heavy atom. The Balaban J connectivity index is 2.16. The van der Waals surface area contributed by atoms with E-state index in [4.69, 9.17) is 53.4 Å². The molecular formula is C23H38Cl3NO6Si2. The van der Waals surface area contributed by atoms with Crippen LogP contribution in [0.1, 0.15) is 27.2 Å². The Bertz CT molecular complexity index is 906. The Labute approximate surface area is 226 Å². The van der Waals surface area contributed by atoms with Crippen LogP contribution in [-0.2, 0) is 23.4 Å². The van der Waals surface area contributed by atoms with Gasteiger partial charge in [-0.05, 0) is 40.4 Å². The van der Waals surface area contributed by atoms with Gasteiger partial charge in [0.15, 0.2) is 14.1 Å². The van der Waals surface area contributed by atoms with Crippen molar-refractivity contribution in [1.82, 2.24) is 5.32 Å². The van der Waals surface area contributed by atoms with E-state index in [0.717, 1.165) is 0 Å². The quantitative estimate of drug-likeness (QED) is 0.219. The lowest BCUT2D eigenvalue weighted by Crippen LogP contribution is -2.71. The highest BCUT2D eigenvalue weighted by atomic mass is 35.6. The third kappa shape index (κ3) is 6.59. The maximum absolute atomic E-state index is 13.1. The number of alkyl halides is 3. The van der Waals surface area contributed by atoms with E-state index in [2.05, 4.69) is 56.1 Å².